The molecule has 4 amide bonds. The molecule has 28 heavy (non-hydrogen) atoms. The Hall–Kier alpha value is -2.94. The van der Waals surface area contributed by atoms with E-state index in [1.807, 2.05) is 6.07 Å². The second-order valence-electron chi connectivity index (χ2n) is 7.35. The Morgan fingerprint density at radius 2 is 2.04 bits per heavy atom. The smallest absolute Gasteiger partial charge is 0.258 e. The van der Waals surface area contributed by atoms with Crippen molar-refractivity contribution in [3.05, 3.63) is 29.3 Å². The van der Waals surface area contributed by atoms with Gasteiger partial charge in [0.15, 0.2) is 0 Å². The third-order valence-electron chi connectivity index (χ3n) is 4.86. The number of hydrogen-bond acceptors (Lipinski definition) is 6. The summed E-state index contributed by atoms with van der Waals surface area (Å²) in [5, 5.41) is 8.37. The highest BCUT2D eigenvalue weighted by Crippen LogP contribution is 2.31. The first-order valence-electron chi connectivity index (χ1n) is 9.24. The lowest BCUT2D eigenvalue weighted by Crippen LogP contribution is -2.60. The lowest BCUT2D eigenvalue weighted by atomic mass is 9.96. The normalized spacial score (nSPS) is 21.9. The van der Waals surface area contributed by atoms with Crippen LogP contribution in [0, 0.1) is 0 Å². The Bertz CT molecular complexity index is 823. The van der Waals surface area contributed by atoms with E-state index in [1.165, 1.54) is 4.90 Å². The minimum atomic E-state index is -0.711. The van der Waals surface area contributed by atoms with E-state index in [0.29, 0.717) is 23.2 Å². The summed E-state index contributed by atoms with van der Waals surface area (Å²) in [6.45, 7) is 2.26. The molecule has 1 aromatic rings. The quantitative estimate of drug-likeness (QED) is 0.608. The molecule has 2 aliphatic heterocycles. The molecule has 2 unspecified atom stereocenters. The van der Waals surface area contributed by atoms with E-state index in [9.17, 15) is 19.2 Å². The molecular formula is C19H25N5O4. The average molecular weight is 387 g/mol. The van der Waals surface area contributed by atoms with Crippen LogP contribution in [-0.4, -0.2) is 66.3 Å². The lowest BCUT2D eigenvalue weighted by molar-refractivity contribution is -0.137. The number of rotatable bonds is 5. The second-order valence-corrected chi connectivity index (χ2v) is 7.35. The molecule has 0 aliphatic carbocycles. The van der Waals surface area contributed by atoms with Crippen LogP contribution in [0.2, 0.25) is 0 Å². The second kappa shape index (κ2) is 7.97. The molecule has 2 atom stereocenters. The van der Waals surface area contributed by atoms with Crippen molar-refractivity contribution >= 4 is 29.3 Å². The summed E-state index contributed by atoms with van der Waals surface area (Å²) in [5.74, 6) is -1.21. The van der Waals surface area contributed by atoms with Crippen molar-refractivity contribution in [2.75, 3.05) is 26.0 Å². The summed E-state index contributed by atoms with van der Waals surface area (Å²) < 4.78 is 0. The standard InChI is InChI=1S/C19H25N5O4/c1-11-21-13-6-4-5-12(9-20-16(26)10-23(2)3)17(13)19(28)24(11)14-7-8-15(25)22-18(14)27/h4-6,11,14,21H,7-10H2,1-3H3,(H,20,26)(H,22,25,27). The van der Waals surface area contributed by atoms with E-state index in [2.05, 4.69) is 16.0 Å². The van der Waals surface area contributed by atoms with Crippen LogP contribution in [0.1, 0.15) is 35.7 Å². The number of nitrogens with zero attached hydrogens (tertiary/aromatic N) is 2. The number of likely N-dealkylation sites (N-methyl/N-ethyl adjacent to an activating group) is 1. The van der Waals surface area contributed by atoms with E-state index >= 15 is 0 Å². The fourth-order valence-electron chi connectivity index (χ4n) is 3.62. The van der Waals surface area contributed by atoms with Crippen molar-refractivity contribution in [3.8, 4) is 0 Å². The summed E-state index contributed by atoms with van der Waals surface area (Å²) in [6, 6.07) is 4.70. The zero-order valence-corrected chi connectivity index (χ0v) is 16.2. The van der Waals surface area contributed by atoms with Crippen molar-refractivity contribution < 1.29 is 19.2 Å². The maximum atomic E-state index is 13.3. The van der Waals surface area contributed by atoms with Crippen LogP contribution in [0.3, 0.4) is 0 Å². The fourth-order valence-corrected chi connectivity index (χ4v) is 3.62. The first-order chi connectivity index (χ1) is 13.3. The molecule has 1 fully saturated rings. The van der Waals surface area contributed by atoms with Crippen LogP contribution >= 0.6 is 0 Å². The van der Waals surface area contributed by atoms with Gasteiger partial charge in [-0.15, -0.1) is 0 Å². The SMILES string of the molecule is CC1Nc2cccc(CNC(=O)CN(C)C)c2C(=O)N1C1CCC(=O)NC1=O. The van der Waals surface area contributed by atoms with Crippen molar-refractivity contribution in [3.63, 3.8) is 0 Å². The Labute approximate surface area is 163 Å². The molecule has 1 saturated heterocycles. The van der Waals surface area contributed by atoms with E-state index in [-0.39, 0.29) is 37.2 Å². The van der Waals surface area contributed by atoms with Crippen LogP contribution in [0.4, 0.5) is 5.69 Å². The lowest BCUT2D eigenvalue weighted by Gasteiger charge is -2.41. The molecule has 2 aliphatic rings. The highest BCUT2D eigenvalue weighted by atomic mass is 16.2. The highest BCUT2D eigenvalue weighted by molar-refractivity contribution is 6.07. The van der Waals surface area contributed by atoms with E-state index < -0.39 is 18.1 Å². The predicted octanol–water partition coefficient (Wildman–Crippen LogP) is -0.117. The number of anilines is 1. The third kappa shape index (κ3) is 3.99. The van der Waals surface area contributed by atoms with Crippen molar-refractivity contribution in [1.29, 1.82) is 0 Å². The molecular weight excluding hydrogens is 362 g/mol. The van der Waals surface area contributed by atoms with Gasteiger partial charge in [0.25, 0.3) is 5.91 Å². The topological polar surface area (TPSA) is 111 Å². The molecule has 2 heterocycles. The molecule has 0 spiro atoms. The number of nitrogens with one attached hydrogen (secondary N) is 3. The Morgan fingerprint density at radius 1 is 1.29 bits per heavy atom. The summed E-state index contributed by atoms with van der Waals surface area (Å²) in [7, 11) is 3.60. The van der Waals surface area contributed by atoms with Gasteiger partial charge in [-0.05, 0) is 39.1 Å². The number of carbonyl (C=O) groups excluding carboxylic acids is 4. The summed E-state index contributed by atoms with van der Waals surface area (Å²) >= 11 is 0. The maximum Gasteiger partial charge on any atom is 0.258 e. The maximum absolute atomic E-state index is 13.3. The molecule has 3 rings (SSSR count). The van der Waals surface area contributed by atoms with E-state index in [4.69, 9.17) is 0 Å². The number of hydrogen-bond donors (Lipinski definition) is 3. The van der Waals surface area contributed by atoms with E-state index in [1.54, 1.807) is 38.1 Å². The Kier molecular flexibility index (Phi) is 5.64. The first kappa shape index (κ1) is 19.8. The van der Waals surface area contributed by atoms with Gasteiger partial charge in [-0.25, -0.2) is 0 Å². The first-order valence-corrected chi connectivity index (χ1v) is 9.24. The minimum Gasteiger partial charge on any atom is -0.365 e. The summed E-state index contributed by atoms with van der Waals surface area (Å²) in [4.78, 5) is 52.2. The van der Waals surface area contributed by atoms with Crippen LogP contribution in [-0.2, 0) is 20.9 Å². The summed E-state index contributed by atoms with van der Waals surface area (Å²) in [6.07, 6.45) is 0.0872. The molecule has 0 radical (unpaired) electrons. The Morgan fingerprint density at radius 3 is 2.71 bits per heavy atom. The van der Waals surface area contributed by atoms with Gasteiger partial charge in [-0.2, -0.15) is 0 Å². The van der Waals surface area contributed by atoms with Crippen molar-refractivity contribution in [2.24, 2.45) is 0 Å². The summed E-state index contributed by atoms with van der Waals surface area (Å²) in [5.41, 5.74) is 1.78. The van der Waals surface area contributed by atoms with Gasteiger partial charge < -0.3 is 20.4 Å². The van der Waals surface area contributed by atoms with Gasteiger partial charge in [-0.1, -0.05) is 12.1 Å². The largest absolute Gasteiger partial charge is 0.365 e. The fraction of sp³-hybridized carbons (Fsp3) is 0.474. The number of benzene rings is 1. The van der Waals surface area contributed by atoms with Gasteiger partial charge in [0.2, 0.25) is 17.7 Å². The minimum absolute atomic E-state index is 0.144. The number of fused-ring (bicyclic) bond motifs is 1. The number of imide groups is 1. The van der Waals surface area contributed by atoms with Crippen LogP contribution < -0.4 is 16.0 Å². The number of piperidine rings is 1. The average Bonchev–Trinajstić information content (AvgIpc) is 2.60. The molecule has 0 bridgehead atoms. The van der Waals surface area contributed by atoms with Crippen LogP contribution in [0.15, 0.2) is 18.2 Å². The zero-order valence-electron chi connectivity index (χ0n) is 16.2. The molecule has 1 aromatic carbocycles. The third-order valence-corrected chi connectivity index (χ3v) is 4.86. The van der Waals surface area contributed by atoms with Gasteiger partial charge in [0, 0.05) is 18.7 Å². The van der Waals surface area contributed by atoms with Gasteiger partial charge in [-0.3, -0.25) is 24.5 Å². The number of amides is 4. The van der Waals surface area contributed by atoms with Crippen molar-refractivity contribution in [2.45, 2.75) is 38.5 Å². The van der Waals surface area contributed by atoms with Crippen LogP contribution in [0.25, 0.3) is 0 Å². The molecule has 3 N–H and O–H groups in total. The molecule has 0 aromatic heterocycles. The number of carbonyl (C=O) groups is 4. The van der Waals surface area contributed by atoms with Gasteiger partial charge >= 0.3 is 0 Å². The van der Waals surface area contributed by atoms with E-state index in [0.717, 1.165) is 0 Å². The molecule has 9 nitrogen and oxygen atoms in total. The monoisotopic (exact) mass is 387 g/mol. The zero-order chi connectivity index (χ0) is 20.4. The highest BCUT2D eigenvalue weighted by Gasteiger charge is 2.41. The van der Waals surface area contributed by atoms with Gasteiger partial charge in [0.1, 0.15) is 6.04 Å². The van der Waals surface area contributed by atoms with Crippen LogP contribution in [0.5, 0.6) is 0 Å². The Balaban J connectivity index is 1.84. The molecule has 0 saturated carbocycles. The van der Waals surface area contributed by atoms with Gasteiger partial charge in [0.05, 0.1) is 18.3 Å². The van der Waals surface area contributed by atoms with Crippen molar-refractivity contribution in [1.82, 2.24) is 20.4 Å². The molecule has 150 valence electrons. The molecule has 9 heteroatoms. The predicted molar refractivity (Wildman–Crippen MR) is 102 cm³/mol.